The van der Waals surface area contributed by atoms with Crippen molar-refractivity contribution in [1.29, 1.82) is 0 Å². The highest BCUT2D eigenvalue weighted by molar-refractivity contribution is 7.07. The summed E-state index contributed by atoms with van der Waals surface area (Å²) in [4.78, 5) is 18.6. The lowest BCUT2D eigenvalue weighted by Crippen LogP contribution is -2.32. The van der Waals surface area contributed by atoms with E-state index in [9.17, 15) is 4.79 Å². The fourth-order valence-corrected chi connectivity index (χ4v) is 3.43. The minimum absolute atomic E-state index is 0.0744. The number of nitrogens with one attached hydrogen (secondary N) is 1. The van der Waals surface area contributed by atoms with Gasteiger partial charge in [0.15, 0.2) is 5.82 Å². The molecule has 1 saturated heterocycles. The van der Waals surface area contributed by atoms with Crippen molar-refractivity contribution >= 4 is 17.2 Å². The van der Waals surface area contributed by atoms with Crippen molar-refractivity contribution < 1.29 is 4.79 Å². The SMILES string of the molecule is O=C(Cn1nnnc1CN1CCCCCC1)NCCc1cscn1. The molecule has 0 bridgehead atoms. The van der Waals surface area contributed by atoms with Gasteiger partial charge in [-0.25, -0.2) is 9.67 Å². The highest BCUT2D eigenvalue weighted by atomic mass is 32.1. The molecule has 8 nitrogen and oxygen atoms in total. The molecule has 1 aliphatic rings. The molecule has 0 aliphatic carbocycles. The molecule has 24 heavy (non-hydrogen) atoms. The van der Waals surface area contributed by atoms with Crippen LogP contribution in [0, 0.1) is 0 Å². The zero-order valence-electron chi connectivity index (χ0n) is 13.7. The Morgan fingerprint density at radius 1 is 1.25 bits per heavy atom. The molecular weight excluding hydrogens is 326 g/mol. The summed E-state index contributed by atoms with van der Waals surface area (Å²) in [5.41, 5.74) is 2.80. The van der Waals surface area contributed by atoms with E-state index in [1.165, 1.54) is 25.7 Å². The first kappa shape index (κ1) is 17.0. The molecule has 3 rings (SSSR count). The van der Waals surface area contributed by atoms with Crippen molar-refractivity contribution in [3.05, 3.63) is 22.4 Å². The third-order valence-electron chi connectivity index (χ3n) is 4.15. The van der Waals surface area contributed by atoms with Crippen LogP contribution >= 0.6 is 11.3 Å². The monoisotopic (exact) mass is 349 g/mol. The number of likely N-dealkylation sites (tertiary alicyclic amines) is 1. The number of carbonyl (C=O) groups excluding carboxylic acids is 1. The molecule has 1 amide bonds. The van der Waals surface area contributed by atoms with Crippen molar-refractivity contribution in [3.8, 4) is 0 Å². The number of hydrogen-bond acceptors (Lipinski definition) is 7. The van der Waals surface area contributed by atoms with Gasteiger partial charge in [-0.05, 0) is 36.4 Å². The van der Waals surface area contributed by atoms with Crippen LogP contribution in [-0.2, 0) is 24.3 Å². The van der Waals surface area contributed by atoms with Gasteiger partial charge in [0.2, 0.25) is 5.91 Å². The lowest BCUT2D eigenvalue weighted by Gasteiger charge is -2.18. The number of amides is 1. The normalized spacial score (nSPS) is 16.0. The van der Waals surface area contributed by atoms with E-state index < -0.39 is 0 Å². The Balaban J connectivity index is 1.46. The molecule has 0 atom stereocenters. The number of carbonyl (C=O) groups is 1. The largest absolute Gasteiger partial charge is 0.354 e. The maximum atomic E-state index is 12.1. The van der Waals surface area contributed by atoms with Gasteiger partial charge in [0.1, 0.15) is 6.54 Å². The third kappa shape index (κ3) is 5.07. The predicted octanol–water partition coefficient (Wildman–Crippen LogP) is 0.864. The molecule has 1 N–H and O–H groups in total. The summed E-state index contributed by atoms with van der Waals surface area (Å²) >= 11 is 1.56. The maximum Gasteiger partial charge on any atom is 0.241 e. The Bertz CT molecular complexity index is 620. The van der Waals surface area contributed by atoms with Crippen LogP contribution in [0.25, 0.3) is 0 Å². The van der Waals surface area contributed by atoms with Crippen LogP contribution in [0.3, 0.4) is 0 Å². The van der Waals surface area contributed by atoms with Gasteiger partial charge >= 0.3 is 0 Å². The Labute approximate surface area is 145 Å². The molecule has 2 aromatic heterocycles. The van der Waals surface area contributed by atoms with E-state index in [0.29, 0.717) is 13.1 Å². The molecule has 9 heteroatoms. The summed E-state index contributed by atoms with van der Waals surface area (Å²) < 4.78 is 1.60. The molecule has 0 saturated carbocycles. The van der Waals surface area contributed by atoms with Gasteiger partial charge in [-0.2, -0.15) is 0 Å². The van der Waals surface area contributed by atoms with E-state index in [1.54, 1.807) is 21.5 Å². The maximum absolute atomic E-state index is 12.1. The quantitative estimate of drug-likeness (QED) is 0.798. The van der Waals surface area contributed by atoms with Crippen molar-refractivity contribution in [3.63, 3.8) is 0 Å². The molecule has 0 radical (unpaired) electrons. The molecule has 2 aromatic rings. The van der Waals surface area contributed by atoms with Gasteiger partial charge in [0.25, 0.3) is 0 Å². The smallest absolute Gasteiger partial charge is 0.241 e. The second-order valence-corrected chi connectivity index (χ2v) is 6.74. The second kappa shape index (κ2) is 8.84. The molecule has 0 unspecified atom stereocenters. The first-order chi connectivity index (χ1) is 11.8. The predicted molar refractivity (Wildman–Crippen MR) is 90.4 cm³/mol. The van der Waals surface area contributed by atoms with E-state index >= 15 is 0 Å². The fraction of sp³-hybridized carbons (Fsp3) is 0.667. The zero-order chi connectivity index (χ0) is 16.6. The molecule has 3 heterocycles. The molecule has 1 fully saturated rings. The summed E-state index contributed by atoms with van der Waals surface area (Å²) in [6, 6.07) is 0. The molecule has 1 aliphatic heterocycles. The number of hydrogen-bond donors (Lipinski definition) is 1. The van der Waals surface area contributed by atoms with E-state index in [4.69, 9.17) is 0 Å². The van der Waals surface area contributed by atoms with Crippen molar-refractivity contribution in [1.82, 2.24) is 35.4 Å². The second-order valence-electron chi connectivity index (χ2n) is 6.02. The van der Waals surface area contributed by atoms with Gasteiger partial charge in [-0.1, -0.05) is 12.8 Å². The van der Waals surface area contributed by atoms with E-state index in [2.05, 4.69) is 30.7 Å². The highest BCUT2D eigenvalue weighted by Gasteiger charge is 2.15. The van der Waals surface area contributed by atoms with Gasteiger partial charge in [-0.3, -0.25) is 9.69 Å². The summed E-state index contributed by atoms with van der Waals surface area (Å²) in [5.74, 6) is 0.682. The minimum atomic E-state index is -0.0744. The lowest BCUT2D eigenvalue weighted by atomic mass is 10.2. The van der Waals surface area contributed by atoms with E-state index in [1.807, 2.05) is 5.38 Å². The standard InChI is InChI=1S/C15H23N7OS/c23-15(16-6-5-13-11-24-12-17-13)10-22-14(18-19-20-22)9-21-7-3-1-2-4-8-21/h11-12H,1-10H2,(H,16,23). The summed E-state index contributed by atoms with van der Waals surface area (Å²) in [6.45, 7) is 3.60. The van der Waals surface area contributed by atoms with E-state index in [0.717, 1.165) is 31.0 Å². The lowest BCUT2D eigenvalue weighted by molar-refractivity contribution is -0.121. The highest BCUT2D eigenvalue weighted by Crippen LogP contribution is 2.11. The third-order valence-corrected chi connectivity index (χ3v) is 4.79. The first-order valence-corrected chi connectivity index (χ1v) is 9.37. The Hall–Kier alpha value is -1.87. The minimum Gasteiger partial charge on any atom is -0.354 e. The van der Waals surface area contributed by atoms with Crippen molar-refractivity contribution in [2.45, 2.75) is 45.2 Å². The van der Waals surface area contributed by atoms with Crippen LogP contribution in [-0.4, -0.2) is 55.6 Å². The molecule has 0 spiro atoms. The number of aromatic nitrogens is 5. The topological polar surface area (TPSA) is 88.8 Å². The van der Waals surface area contributed by atoms with Crippen molar-refractivity contribution in [2.75, 3.05) is 19.6 Å². The van der Waals surface area contributed by atoms with Gasteiger partial charge in [0.05, 0.1) is 17.7 Å². The van der Waals surface area contributed by atoms with Gasteiger partial charge in [0, 0.05) is 18.3 Å². The Morgan fingerprint density at radius 2 is 2.08 bits per heavy atom. The summed E-state index contributed by atoms with van der Waals surface area (Å²) in [7, 11) is 0. The van der Waals surface area contributed by atoms with Crippen LogP contribution in [0.15, 0.2) is 10.9 Å². The van der Waals surface area contributed by atoms with Crippen LogP contribution in [0.5, 0.6) is 0 Å². The summed E-state index contributed by atoms with van der Waals surface area (Å²) in [5, 5.41) is 16.7. The number of rotatable bonds is 7. The van der Waals surface area contributed by atoms with Crippen LogP contribution in [0.2, 0.25) is 0 Å². The van der Waals surface area contributed by atoms with Crippen LogP contribution in [0.1, 0.15) is 37.2 Å². The Kier molecular flexibility index (Phi) is 6.25. The molecule has 0 aromatic carbocycles. The average Bonchev–Trinajstić information content (AvgIpc) is 3.16. The fourth-order valence-electron chi connectivity index (χ4n) is 2.84. The Morgan fingerprint density at radius 3 is 2.83 bits per heavy atom. The van der Waals surface area contributed by atoms with Crippen LogP contribution in [0.4, 0.5) is 0 Å². The van der Waals surface area contributed by atoms with E-state index in [-0.39, 0.29) is 12.5 Å². The van der Waals surface area contributed by atoms with Crippen LogP contribution < -0.4 is 5.32 Å². The summed E-state index contributed by atoms with van der Waals surface area (Å²) in [6.07, 6.45) is 5.77. The molecule has 130 valence electrons. The number of nitrogens with zero attached hydrogens (tertiary/aromatic N) is 6. The first-order valence-electron chi connectivity index (χ1n) is 8.42. The number of thiazole rings is 1. The number of tetrazole rings is 1. The van der Waals surface area contributed by atoms with Gasteiger partial charge < -0.3 is 5.32 Å². The molecular formula is C15H23N7OS. The average molecular weight is 349 g/mol. The van der Waals surface area contributed by atoms with Gasteiger partial charge in [-0.15, -0.1) is 16.4 Å². The van der Waals surface area contributed by atoms with Crippen molar-refractivity contribution in [2.24, 2.45) is 0 Å². The zero-order valence-corrected chi connectivity index (χ0v) is 14.5.